The maximum absolute atomic E-state index is 9.36. The van der Waals surface area contributed by atoms with Crippen molar-refractivity contribution in [3.8, 4) is 5.95 Å². The zero-order valence-corrected chi connectivity index (χ0v) is 8.99. The first-order chi connectivity index (χ1) is 7.65. The Morgan fingerprint density at radius 2 is 2.12 bits per heavy atom. The summed E-state index contributed by atoms with van der Waals surface area (Å²) in [5, 5.41) is 22.4. The molecule has 3 heterocycles. The van der Waals surface area contributed by atoms with Gasteiger partial charge in [-0.15, -0.1) is 10.2 Å². The number of imidazole rings is 1. The van der Waals surface area contributed by atoms with Gasteiger partial charge in [0, 0.05) is 7.05 Å². The highest BCUT2D eigenvalue weighted by Crippen LogP contribution is 2.22. The van der Waals surface area contributed by atoms with Crippen molar-refractivity contribution in [2.24, 2.45) is 7.05 Å². The lowest BCUT2D eigenvalue weighted by atomic mass is 10.4. The Hall–Kier alpha value is -1.80. The summed E-state index contributed by atoms with van der Waals surface area (Å²) >= 11 is 0. The van der Waals surface area contributed by atoms with Gasteiger partial charge < -0.3 is 9.77 Å². The molecule has 0 fully saturated rings. The number of nitrogens with zero attached hydrogens (tertiary/aromatic N) is 7. The van der Waals surface area contributed by atoms with E-state index in [0.29, 0.717) is 24.9 Å². The standard InChI is InChI=1S/C8H11N7O/c1-5-10-12-15(11-5)8-9-6-3-14(16)4-7(6)13(8)2/h16H,3-4H2,1-2H3. The van der Waals surface area contributed by atoms with Gasteiger partial charge in [-0.25, -0.2) is 4.98 Å². The maximum atomic E-state index is 9.36. The van der Waals surface area contributed by atoms with E-state index in [-0.39, 0.29) is 0 Å². The second-order valence-electron chi connectivity index (χ2n) is 3.81. The van der Waals surface area contributed by atoms with Crippen LogP contribution in [0.5, 0.6) is 0 Å². The van der Waals surface area contributed by atoms with Crippen LogP contribution in [0.3, 0.4) is 0 Å². The molecule has 8 heteroatoms. The fraction of sp³-hybridized carbons (Fsp3) is 0.500. The third kappa shape index (κ3) is 1.24. The molecule has 16 heavy (non-hydrogen) atoms. The van der Waals surface area contributed by atoms with Gasteiger partial charge in [-0.1, -0.05) is 4.80 Å². The summed E-state index contributed by atoms with van der Waals surface area (Å²) in [5.74, 6) is 1.23. The van der Waals surface area contributed by atoms with Gasteiger partial charge in [-0.2, -0.15) is 5.06 Å². The first-order valence-corrected chi connectivity index (χ1v) is 4.90. The second kappa shape index (κ2) is 3.09. The molecule has 1 aliphatic heterocycles. The average Bonchev–Trinajstić information content (AvgIpc) is 2.85. The Morgan fingerprint density at radius 1 is 1.31 bits per heavy atom. The third-order valence-corrected chi connectivity index (χ3v) is 2.63. The molecular formula is C8H11N7O. The summed E-state index contributed by atoms with van der Waals surface area (Å²) in [4.78, 5) is 5.78. The molecule has 2 aromatic heterocycles. The summed E-state index contributed by atoms with van der Waals surface area (Å²) in [6.45, 7) is 2.69. The van der Waals surface area contributed by atoms with Crippen LogP contribution in [0.15, 0.2) is 0 Å². The van der Waals surface area contributed by atoms with Crippen molar-refractivity contribution in [2.45, 2.75) is 20.0 Å². The molecule has 84 valence electrons. The lowest BCUT2D eigenvalue weighted by molar-refractivity contribution is -0.0985. The molecule has 0 spiro atoms. The quantitative estimate of drug-likeness (QED) is 0.692. The molecule has 1 aliphatic rings. The summed E-state index contributed by atoms with van der Waals surface area (Å²) in [5.41, 5.74) is 1.84. The van der Waals surface area contributed by atoms with E-state index >= 15 is 0 Å². The minimum absolute atomic E-state index is 0.441. The van der Waals surface area contributed by atoms with Crippen LogP contribution in [-0.2, 0) is 20.1 Å². The Morgan fingerprint density at radius 3 is 2.75 bits per heavy atom. The van der Waals surface area contributed by atoms with Crippen LogP contribution in [0.1, 0.15) is 17.2 Å². The van der Waals surface area contributed by atoms with Gasteiger partial charge in [0.25, 0.3) is 5.95 Å². The number of hydroxylamine groups is 2. The van der Waals surface area contributed by atoms with Crippen molar-refractivity contribution in [1.29, 1.82) is 0 Å². The van der Waals surface area contributed by atoms with Crippen molar-refractivity contribution in [3.05, 3.63) is 17.2 Å². The molecule has 0 unspecified atom stereocenters. The first kappa shape index (κ1) is 9.43. The highest BCUT2D eigenvalue weighted by Gasteiger charge is 2.25. The van der Waals surface area contributed by atoms with E-state index in [1.54, 1.807) is 6.92 Å². The molecule has 0 radical (unpaired) electrons. The molecule has 0 atom stereocenters. The zero-order valence-electron chi connectivity index (χ0n) is 8.99. The van der Waals surface area contributed by atoms with Crippen LogP contribution in [0.2, 0.25) is 0 Å². The maximum Gasteiger partial charge on any atom is 0.251 e. The summed E-state index contributed by atoms with van der Waals surface area (Å²) in [6, 6.07) is 0. The Bertz CT molecular complexity index is 543. The molecule has 0 amide bonds. The van der Waals surface area contributed by atoms with Crippen LogP contribution in [0.25, 0.3) is 5.95 Å². The third-order valence-electron chi connectivity index (χ3n) is 2.63. The van der Waals surface area contributed by atoms with E-state index in [1.807, 2.05) is 11.6 Å². The van der Waals surface area contributed by atoms with Crippen molar-refractivity contribution in [2.75, 3.05) is 0 Å². The Kier molecular flexibility index (Phi) is 1.82. The van der Waals surface area contributed by atoms with Gasteiger partial charge in [0.1, 0.15) is 0 Å². The molecule has 0 saturated carbocycles. The predicted molar refractivity (Wildman–Crippen MR) is 51.7 cm³/mol. The van der Waals surface area contributed by atoms with E-state index < -0.39 is 0 Å². The molecule has 1 N–H and O–H groups in total. The van der Waals surface area contributed by atoms with E-state index in [2.05, 4.69) is 20.4 Å². The van der Waals surface area contributed by atoms with Crippen LogP contribution in [-0.4, -0.2) is 40.0 Å². The van der Waals surface area contributed by atoms with E-state index in [4.69, 9.17) is 0 Å². The number of tetrazole rings is 1. The van der Waals surface area contributed by atoms with E-state index in [9.17, 15) is 5.21 Å². The number of fused-ring (bicyclic) bond motifs is 1. The van der Waals surface area contributed by atoms with E-state index in [0.717, 1.165) is 11.4 Å². The van der Waals surface area contributed by atoms with Crippen LogP contribution in [0, 0.1) is 6.92 Å². The highest BCUT2D eigenvalue weighted by molar-refractivity contribution is 5.26. The Labute approximate surface area is 91.1 Å². The largest absolute Gasteiger partial charge is 0.313 e. The fourth-order valence-corrected chi connectivity index (χ4v) is 1.85. The van der Waals surface area contributed by atoms with Gasteiger partial charge in [0.05, 0.1) is 24.5 Å². The SMILES string of the molecule is Cc1nnn(-c2nc3c(n2C)CN(O)C3)n1. The molecule has 0 saturated heterocycles. The number of aryl methyl sites for hydroxylation is 1. The van der Waals surface area contributed by atoms with Gasteiger partial charge in [0.2, 0.25) is 0 Å². The van der Waals surface area contributed by atoms with Gasteiger partial charge in [-0.05, 0) is 12.1 Å². The van der Waals surface area contributed by atoms with Crippen molar-refractivity contribution in [1.82, 2.24) is 34.8 Å². The normalized spacial score (nSPS) is 15.7. The smallest absolute Gasteiger partial charge is 0.251 e. The molecule has 0 aromatic carbocycles. The predicted octanol–water partition coefficient (Wildman–Crippen LogP) is -0.591. The van der Waals surface area contributed by atoms with Gasteiger partial charge in [0.15, 0.2) is 5.82 Å². The summed E-state index contributed by atoms with van der Waals surface area (Å²) in [7, 11) is 1.87. The number of rotatable bonds is 1. The Balaban J connectivity index is 2.08. The lowest BCUT2D eigenvalue weighted by Gasteiger charge is -2.06. The first-order valence-electron chi connectivity index (χ1n) is 4.90. The van der Waals surface area contributed by atoms with Crippen LogP contribution < -0.4 is 0 Å². The van der Waals surface area contributed by atoms with Crippen LogP contribution in [0.4, 0.5) is 0 Å². The second-order valence-corrected chi connectivity index (χ2v) is 3.81. The van der Waals surface area contributed by atoms with Crippen molar-refractivity contribution >= 4 is 0 Å². The number of hydrogen-bond acceptors (Lipinski definition) is 6. The molecule has 3 rings (SSSR count). The minimum Gasteiger partial charge on any atom is -0.313 e. The van der Waals surface area contributed by atoms with Gasteiger partial charge in [-0.3, -0.25) is 0 Å². The molecule has 0 aliphatic carbocycles. The average molecular weight is 221 g/mol. The van der Waals surface area contributed by atoms with Crippen molar-refractivity contribution in [3.63, 3.8) is 0 Å². The summed E-state index contributed by atoms with van der Waals surface area (Å²) < 4.78 is 1.87. The molecule has 2 aromatic rings. The molecule has 8 nitrogen and oxygen atoms in total. The van der Waals surface area contributed by atoms with Crippen LogP contribution >= 0.6 is 0 Å². The topological polar surface area (TPSA) is 84.9 Å². The van der Waals surface area contributed by atoms with Crippen molar-refractivity contribution < 1.29 is 5.21 Å². The molecular weight excluding hydrogens is 210 g/mol. The minimum atomic E-state index is 0.441. The number of aromatic nitrogens is 6. The lowest BCUT2D eigenvalue weighted by Crippen LogP contribution is -2.14. The fourth-order valence-electron chi connectivity index (χ4n) is 1.85. The van der Waals surface area contributed by atoms with E-state index in [1.165, 1.54) is 9.86 Å². The highest BCUT2D eigenvalue weighted by atomic mass is 16.5. The number of hydrogen-bond donors (Lipinski definition) is 1. The molecule has 0 bridgehead atoms. The monoisotopic (exact) mass is 221 g/mol. The van der Waals surface area contributed by atoms with Gasteiger partial charge >= 0.3 is 0 Å². The summed E-state index contributed by atoms with van der Waals surface area (Å²) in [6.07, 6.45) is 0. The zero-order chi connectivity index (χ0) is 11.3.